The van der Waals surface area contributed by atoms with E-state index < -0.39 is 29.6 Å². The molecule has 2 aliphatic heterocycles. The number of halogens is 1. The van der Waals surface area contributed by atoms with Crippen LogP contribution in [0.4, 0.5) is 0 Å². The normalized spacial score (nSPS) is 36.6. The number of hydrogen-bond donors (Lipinski definition) is 2. The molecule has 7 heteroatoms. The van der Waals surface area contributed by atoms with Crippen molar-refractivity contribution >= 4 is 27.7 Å². The molecule has 1 saturated carbocycles. The van der Waals surface area contributed by atoms with Gasteiger partial charge in [-0.2, -0.15) is 0 Å². The van der Waals surface area contributed by atoms with Crippen LogP contribution >= 0.6 is 15.9 Å². The second-order valence-corrected chi connectivity index (χ2v) is 9.87. The number of carbonyl (C=O) groups is 2. The molecule has 2 amide bonds. The summed E-state index contributed by atoms with van der Waals surface area (Å²) in [5.41, 5.74) is 0.587. The lowest BCUT2D eigenvalue weighted by Gasteiger charge is -2.46. The number of nitrogens with zero attached hydrogens (tertiary/aromatic N) is 1. The molecule has 0 aromatic heterocycles. The highest BCUT2D eigenvalue weighted by molar-refractivity contribution is 9.10. The zero-order valence-electron chi connectivity index (χ0n) is 17.0. The van der Waals surface area contributed by atoms with E-state index in [9.17, 15) is 19.8 Å². The van der Waals surface area contributed by atoms with Crippen LogP contribution < -0.4 is 0 Å². The summed E-state index contributed by atoms with van der Waals surface area (Å²) in [5.74, 6) is -3.30. The smallest absolute Gasteiger partial charge is 0.233 e. The van der Waals surface area contributed by atoms with Gasteiger partial charge in [-0.05, 0) is 43.4 Å². The van der Waals surface area contributed by atoms with Gasteiger partial charge in [0.05, 0.1) is 17.9 Å². The number of phenolic OH excluding ortho intramolecular Hbond substituents is 1. The van der Waals surface area contributed by atoms with Crippen molar-refractivity contribution in [3.8, 4) is 5.75 Å². The van der Waals surface area contributed by atoms with Crippen LogP contribution in [-0.4, -0.2) is 39.3 Å². The predicted octanol–water partition coefficient (Wildman–Crippen LogP) is 3.61. The minimum Gasteiger partial charge on any atom is -0.508 e. The summed E-state index contributed by atoms with van der Waals surface area (Å²) in [6.07, 6.45) is 1.01. The monoisotopic (exact) mass is 465 g/mol. The Morgan fingerprint density at radius 1 is 1.28 bits per heavy atom. The van der Waals surface area contributed by atoms with E-state index in [1.807, 2.05) is 20.8 Å². The van der Waals surface area contributed by atoms with Crippen molar-refractivity contribution in [2.45, 2.75) is 51.9 Å². The first kappa shape index (κ1) is 20.8. The van der Waals surface area contributed by atoms with Crippen LogP contribution in [0.5, 0.6) is 5.75 Å². The molecule has 0 spiro atoms. The van der Waals surface area contributed by atoms with E-state index in [0.29, 0.717) is 31.4 Å². The Morgan fingerprint density at radius 3 is 2.66 bits per heavy atom. The molecule has 3 aliphatic rings. The molecule has 1 aromatic rings. The molecule has 2 heterocycles. The fourth-order valence-corrected chi connectivity index (χ4v) is 6.03. The lowest BCUT2D eigenvalue weighted by Crippen LogP contribution is -2.55. The average Bonchev–Trinajstić information content (AvgIpc) is 3.13. The molecule has 2 saturated heterocycles. The number of ether oxygens (including phenoxy) is 1. The van der Waals surface area contributed by atoms with E-state index in [1.165, 1.54) is 4.90 Å². The molecule has 6 atom stereocenters. The average molecular weight is 466 g/mol. The molecule has 29 heavy (non-hydrogen) atoms. The van der Waals surface area contributed by atoms with Gasteiger partial charge in [-0.25, -0.2) is 0 Å². The third-order valence-corrected chi connectivity index (χ3v) is 7.45. The molecule has 0 unspecified atom stereocenters. The van der Waals surface area contributed by atoms with Crippen molar-refractivity contribution < 1.29 is 24.5 Å². The van der Waals surface area contributed by atoms with E-state index in [2.05, 4.69) is 15.9 Å². The topological polar surface area (TPSA) is 87.1 Å². The van der Waals surface area contributed by atoms with E-state index in [4.69, 9.17) is 4.74 Å². The van der Waals surface area contributed by atoms with Crippen LogP contribution in [0.25, 0.3) is 0 Å². The highest BCUT2D eigenvalue weighted by atomic mass is 79.9. The molecule has 3 fully saturated rings. The largest absolute Gasteiger partial charge is 0.508 e. The fourth-order valence-electron chi connectivity index (χ4n) is 5.65. The maximum atomic E-state index is 13.1. The third kappa shape index (κ3) is 3.13. The molecular formula is C22H28BrNO5. The van der Waals surface area contributed by atoms with Crippen LogP contribution in [0.1, 0.15) is 51.7 Å². The fraction of sp³-hybridized carbons (Fsp3) is 0.636. The first-order valence-electron chi connectivity index (χ1n) is 10.4. The van der Waals surface area contributed by atoms with Crippen molar-refractivity contribution in [2.75, 3.05) is 6.54 Å². The van der Waals surface area contributed by atoms with Gasteiger partial charge in [-0.15, -0.1) is 0 Å². The van der Waals surface area contributed by atoms with Crippen LogP contribution in [0.15, 0.2) is 22.7 Å². The van der Waals surface area contributed by atoms with Gasteiger partial charge in [0, 0.05) is 28.4 Å². The summed E-state index contributed by atoms with van der Waals surface area (Å²) in [5, 5.41) is 22.1. The number of amides is 2. The molecule has 1 aliphatic carbocycles. The Kier molecular flexibility index (Phi) is 5.28. The Balaban J connectivity index is 1.74. The molecule has 158 valence electrons. The summed E-state index contributed by atoms with van der Waals surface area (Å²) in [7, 11) is 0. The number of hydrogen-bond acceptors (Lipinski definition) is 5. The molecule has 0 bridgehead atoms. The predicted molar refractivity (Wildman–Crippen MR) is 110 cm³/mol. The minimum atomic E-state index is -1.49. The lowest BCUT2D eigenvalue weighted by molar-refractivity contribution is -0.276. The van der Waals surface area contributed by atoms with E-state index in [0.717, 1.165) is 4.47 Å². The number of benzene rings is 1. The van der Waals surface area contributed by atoms with Crippen LogP contribution in [0.3, 0.4) is 0 Å². The Bertz CT molecular complexity index is 842. The SMILES string of the molecule is CCCN1C(=O)[C@H]2[C@H](C[C@H](C(C)C)[C@@]3(O)O[C@H](c4cc(Br)ccc4O)C[C@@H]23)C1=O. The van der Waals surface area contributed by atoms with Crippen molar-refractivity contribution in [3.63, 3.8) is 0 Å². The zero-order chi connectivity index (χ0) is 21.1. The molecule has 4 rings (SSSR count). The minimum absolute atomic E-state index is 0.0847. The Morgan fingerprint density at radius 2 is 2.00 bits per heavy atom. The first-order valence-corrected chi connectivity index (χ1v) is 11.2. The first-order chi connectivity index (χ1) is 13.7. The van der Waals surface area contributed by atoms with Crippen LogP contribution in [0, 0.1) is 29.6 Å². The highest BCUT2D eigenvalue weighted by Crippen LogP contribution is 2.60. The van der Waals surface area contributed by atoms with E-state index in [-0.39, 0.29) is 29.4 Å². The van der Waals surface area contributed by atoms with Gasteiger partial charge in [0.2, 0.25) is 11.8 Å². The second-order valence-electron chi connectivity index (χ2n) is 8.95. The van der Waals surface area contributed by atoms with Gasteiger partial charge < -0.3 is 14.9 Å². The number of carbonyl (C=O) groups excluding carboxylic acids is 2. The number of imide groups is 1. The summed E-state index contributed by atoms with van der Waals surface area (Å²) < 4.78 is 7.03. The van der Waals surface area contributed by atoms with Crippen molar-refractivity contribution in [3.05, 3.63) is 28.2 Å². The van der Waals surface area contributed by atoms with Crippen LogP contribution in [-0.2, 0) is 14.3 Å². The van der Waals surface area contributed by atoms with E-state index >= 15 is 0 Å². The van der Waals surface area contributed by atoms with Crippen molar-refractivity contribution in [1.82, 2.24) is 4.90 Å². The van der Waals surface area contributed by atoms with Gasteiger partial charge >= 0.3 is 0 Å². The van der Waals surface area contributed by atoms with Gasteiger partial charge in [-0.1, -0.05) is 36.7 Å². The van der Waals surface area contributed by atoms with Gasteiger partial charge in [0.1, 0.15) is 5.75 Å². The van der Waals surface area contributed by atoms with Gasteiger partial charge in [-0.3, -0.25) is 14.5 Å². The van der Waals surface area contributed by atoms with Crippen molar-refractivity contribution in [1.29, 1.82) is 0 Å². The van der Waals surface area contributed by atoms with Crippen molar-refractivity contribution in [2.24, 2.45) is 29.6 Å². The molecule has 1 aromatic carbocycles. The number of aromatic hydroxyl groups is 1. The molecule has 6 nitrogen and oxygen atoms in total. The number of phenols is 1. The number of fused-ring (bicyclic) bond motifs is 3. The third-order valence-electron chi connectivity index (χ3n) is 6.96. The number of likely N-dealkylation sites (tertiary alicyclic amines) is 1. The van der Waals surface area contributed by atoms with Gasteiger partial charge in [0.15, 0.2) is 5.79 Å². The molecule has 0 radical (unpaired) electrons. The maximum absolute atomic E-state index is 13.1. The highest BCUT2D eigenvalue weighted by Gasteiger charge is 2.67. The van der Waals surface area contributed by atoms with Gasteiger partial charge in [0.25, 0.3) is 0 Å². The maximum Gasteiger partial charge on any atom is 0.233 e. The Labute approximate surface area is 179 Å². The quantitative estimate of drug-likeness (QED) is 0.663. The second kappa shape index (κ2) is 7.36. The zero-order valence-corrected chi connectivity index (χ0v) is 18.6. The standard InChI is InChI=1S/C22H28BrNO5/c1-4-7-24-20(26)14-9-15(11(2)3)22(28)16(19(14)21(24)27)10-18(29-22)13-8-12(23)5-6-17(13)25/h5-6,8,11,14-16,18-19,25,28H,4,7,9-10H2,1-3H3/t14-,15+,16-,18-,19-,22+/m0/s1. The number of rotatable bonds is 4. The summed E-state index contributed by atoms with van der Waals surface area (Å²) >= 11 is 3.42. The summed E-state index contributed by atoms with van der Waals surface area (Å²) in [6.45, 7) is 6.39. The number of aliphatic hydroxyl groups is 1. The molecule has 2 N–H and O–H groups in total. The summed E-state index contributed by atoms with van der Waals surface area (Å²) in [6, 6.07) is 5.11. The molecular weight excluding hydrogens is 438 g/mol. The van der Waals surface area contributed by atoms with E-state index in [1.54, 1.807) is 18.2 Å². The van der Waals surface area contributed by atoms with Crippen LogP contribution in [0.2, 0.25) is 0 Å². The summed E-state index contributed by atoms with van der Waals surface area (Å²) in [4.78, 5) is 27.5. The Hall–Kier alpha value is -1.44. The lowest BCUT2D eigenvalue weighted by atomic mass is 9.62.